The molecule has 0 aliphatic carbocycles. The average Bonchev–Trinajstić information content (AvgIpc) is 2.96. The minimum Gasteiger partial charge on any atom is -0.491 e. The Balaban J connectivity index is 1.67. The highest BCUT2D eigenvalue weighted by Gasteiger charge is 2.31. The van der Waals surface area contributed by atoms with Crippen molar-refractivity contribution >= 4 is 23.4 Å². The fourth-order valence-electron chi connectivity index (χ4n) is 4.77. The van der Waals surface area contributed by atoms with Crippen LogP contribution in [0.2, 0.25) is 0 Å². The molecule has 216 valence electrons. The van der Waals surface area contributed by atoms with Gasteiger partial charge in [-0.05, 0) is 49.4 Å². The van der Waals surface area contributed by atoms with Gasteiger partial charge in [-0.1, -0.05) is 31.2 Å². The largest absolute Gasteiger partial charge is 0.491 e. The number of carbonyl (C=O) groups is 3. The lowest BCUT2D eigenvalue weighted by Crippen LogP contribution is -2.48. The Morgan fingerprint density at radius 2 is 1.59 bits per heavy atom. The zero-order chi connectivity index (χ0) is 29.7. The van der Waals surface area contributed by atoms with Crippen molar-refractivity contribution in [3.63, 3.8) is 0 Å². The molecule has 1 heterocycles. The number of carbonyl (C=O) groups excluding carboxylic acids is 3. The zero-order valence-electron chi connectivity index (χ0n) is 23.4. The van der Waals surface area contributed by atoms with Crippen molar-refractivity contribution in [1.82, 2.24) is 9.80 Å². The summed E-state index contributed by atoms with van der Waals surface area (Å²) in [5.41, 5.74) is 0.262. The van der Waals surface area contributed by atoms with Gasteiger partial charge in [0.15, 0.2) is 0 Å². The van der Waals surface area contributed by atoms with Crippen LogP contribution in [-0.2, 0) is 4.74 Å². The first-order chi connectivity index (χ1) is 19.6. The highest BCUT2D eigenvalue weighted by molar-refractivity contribution is 6.05. The van der Waals surface area contributed by atoms with E-state index in [-0.39, 0.29) is 59.6 Å². The minimum atomic E-state index is -0.668. The van der Waals surface area contributed by atoms with E-state index in [2.05, 4.69) is 5.32 Å². The molecule has 8 nitrogen and oxygen atoms in total. The summed E-state index contributed by atoms with van der Waals surface area (Å²) in [4.78, 5) is 42.8. The van der Waals surface area contributed by atoms with Crippen LogP contribution < -0.4 is 10.1 Å². The van der Waals surface area contributed by atoms with Gasteiger partial charge in [-0.25, -0.2) is 8.78 Å². The molecule has 3 amide bonds. The normalized spacial score (nSPS) is 19.9. The molecule has 1 N–H and O–H groups in total. The molecule has 0 radical (unpaired) electrons. The van der Waals surface area contributed by atoms with Crippen molar-refractivity contribution in [2.75, 3.05) is 39.2 Å². The predicted molar refractivity (Wildman–Crippen MR) is 150 cm³/mol. The maximum Gasteiger partial charge on any atom is 0.258 e. The Morgan fingerprint density at radius 1 is 0.951 bits per heavy atom. The molecule has 41 heavy (non-hydrogen) atoms. The second kappa shape index (κ2) is 12.9. The molecule has 0 unspecified atom stereocenters. The van der Waals surface area contributed by atoms with Gasteiger partial charge in [0.1, 0.15) is 24.0 Å². The van der Waals surface area contributed by atoms with Gasteiger partial charge in [0, 0.05) is 38.9 Å². The number of halogens is 2. The van der Waals surface area contributed by atoms with Crippen molar-refractivity contribution in [3.05, 3.63) is 95.1 Å². The number of likely N-dealkylation sites (N-methyl/N-ethyl adjacent to an activating group) is 1. The van der Waals surface area contributed by atoms with Crippen LogP contribution in [0.25, 0.3) is 0 Å². The van der Waals surface area contributed by atoms with Crippen LogP contribution in [0.5, 0.6) is 5.75 Å². The SMILES string of the molecule is CO[C@@H]1CN(C)C(=O)c2cc(NC(=O)c3ccccc3F)ccc2OC[C@H](C)N(C(=O)c2ccccc2F)C[C@@H]1C. The fraction of sp³-hybridized carbons (Fsp3) is 0.323. The van der Waals surface area contributed by atoms with Gasteiger partial charge in [0.05, 0.1) is 28.8 Å². The second-order valence-electron chi connectivity index (χ2n) is 10.2. The first kappa shape index (κ1) is 29.7. The summed E-state index contributed by atoms with van der Waals surface area (Å²) in [7, 11) is 3.15. The zero-order valence-corrected chi connectivity index (χ0v) is 23.4. The lowest BCUT2D eigenvalue weighted by molar-refractivity contribution is 0.0110. The Bertz CT molecular complexity index is 1430. The highest BCUT2D eigenvalue weighted by Crippen LogP contribution is 2.27. The Hall–Kier alpha value is -4.31. The molecule has 0 saturated heterocycles. The molecular weight excluding hydrogens is 532 g/mol. The Labute approximate surface area is 237 Å². The number of methoxy groups -OCH3 is 1. The molecule has 4 rings (SSSR count). The molecule has 0 fully saturated rings. The molecule has 3 atom stereocenters. The van der Waals surface area contributed by atoms with Crippen molar-refractivity contribution in [2.45, 2.75) is 26.0 Å². The summed E-state index contributed by atoms with van der Waals surface area (Å²) in [6, 6.07) is 15.5. The topological polar surface area (TPSA) is 88.2 Å². The number of ether oxygens (including phenoxy) is 2. The summed E-state index contributed by atoms with van der Waals surface area (Å²) in [5.74, 6) is -2.79. The second-order valence-corrected chi connectivity index (χ2v) is 10.2. The quantitative estimate of drug-likeness (QED) is 0.488. The number of hydrogen-bond acceptors (Lipinski definition) is 5. The van der Waals surface area contributed by atoms with E-state index in [1.165, 1.54) is 60.5 Å². The van der Waals surface area contributed by atoms with Crippen molar-refractivity contribution in [3.8, 4) is 5.75 Å². The highest BCUT2D eigenvalue weighted by atomic mass is 19.1. The van der Waals surface area contributed by atoms with Gasteiger partial charge in [0.2, 0.25) is 0 Å². The summed E-state index contributed by atoms with van der Waals surface area (Å²) < 4.78 is 40.5. The lowest BCUT2D eigenvalue weighted by Gasteiger charge is -2.36. The van der Waals surface area contributed by atoms with Crippen LogP contribution in [0, 0.1) is 17.6 Å². The van der Waals surface area contributed by atoms with E-state index >= 15 is 0 Å². The average molecular weight is 566 g/mol. The first-order valence-corrected chi connectivity index (χ1v) is 13.3. The number of benzene rings is 3. The lowest BCUT2D eigenvalue weighted by atomic mass is 10.0. The summed E-state index contributed by atoms with van der Waals surface area (Å²) in [6.45, 7) is 4.13. The van der Waals surface area contributed by atoms with Crippen molar-refractivity contribution < 1.29 is 32.6 Å². The van der Waals surface area contributed by atoms with Crippen LogP contribution in [0.3, 0.4) is 0 Å². The number of hydrogen-bond donors (Lipinski definition) is 1. The van der Waals surface area contributed by atoms with E-state index in [9.17, 15) is 23.2 Å². The molecule has 0 spiro atoms. The fourth-order valence-corrected chi connectivity index (χ4v) is 4.77. The number of anilines is 1. The number of nitrogens with zero attached hydrogens (tertiary/aromatic N) is 2. The maximum absolute atomic E-state index is 14.6. The predicted octanol–water partition coefficient (Wildman–Crippen LogP) is 4.86. The standard InChI is InChI=1S/C31H33F2N3O5/c1-19-16-36(31(39)23-10-6-8-12-26(23)33)20(2)18-41-27-14-13-21(34-29(37)22-9-5-7-11-25(22)32)15-24(27)30(38)35(3)17-28(19)40-4/h5-15,19-20,28H,16-18H2,1-4H3,(H,34,37)/t19-,20-,28+/m0/s1. The molecule has 0 bridgehead atoms. The van der Waals surface area contributed by atoms with Gasteiger partial charge in [-0.3, -0.25) is 14.4 Å². The third kappa shape index (κ3) is 6.71. The van der Waals surface area contributed by atoms with Crippen LogP contribution in [-0.4, -0.2) is 73.5 Å². The Morgan fingerprint density at radius 3 is 2.22 bits per heavy atom. The maximum atomic E-state index is 14.6. The van der Waals surface area contributed by atoms with Gasteiger partial charge >= 0.3 is 0 Å². The molecule has 10 heteroatoms. The third-order valence-electron chi connectivity index (χ3n) is 7.19. The van der Waals surface area contributed by atoms with Crippen LogP contribution in [0.4, 0.5) is 14.5 Å². The van der Waals surface area contributed by atoms with Crippen LogP contribution >= 0.6 is 0 Å². The number of rotatable bonds is 4. The number of fused-ring (bicyclic) bond motifs is 1. The summed E-state index contributed by atoms with van der Waals surface area (Å²) in [5, 5.41) is 2.63. The Kier molecular flexibility index (Phi) is 9.34. The van der Waals surface area contributed by atoms with E-state index in [0.29, 0.717) is 0 Å². The van der Waals surface area contributed by atoms with Gasteiger partial charge < -0.3 is 24.6 Å². The van der Waals surface area contributed by atoms with Gasteiger partial charge in [0.25, 0.3) is 17.7 Å². The molecule has 3 aromatic rings. The molecular formula is C31H33F2N3O5. The van der Waals surface area contributed by atoms with Gasteiger partial charge in [-0.2, -0.15) is 0 Å². The minimum absolute atomic E-state index is 0.00941. The van der Waals surface area contributed by atoms with Crippen LogP contribution in [0.1, 0.15) is 44.9 Å². The molecule has 1 aliphatic rings. The van der Waals surface area contributed by atoms with E-state index in [0.717, 1.165) is 0 Å². The van der Waals surface area contributed by atoms with E-state index < -0.39 is 35.6 Å². The molecule has 0 aromatic heterocycles. The number of amides is 3. The van der Waals surface area contributed by atoms with Crippen molar-refractivity contribution in [2.24, 2.45) is 5.92 Å². The molecule has 3 aromatic carbocycles. The van der Waals surface area contributed by atoms with Gasteiger partial charge in [-0.15, -0.1) is 0 Å². The van der Waals surface area contributed by atoms with Crippen molar-refractivity contribution in [1.29, 1.82) is 0 Å². The monoisotopic (exact) mass is 565 g/mol. The van der Waals surface area contributed by atoms with E-state index in [1.54, 1.807) is 37.1 Å². The summed E-state index contributed by atoms with van der Waals surface area (Å²) in [6.07, 6.45) is -0.445. The third-order valence-corrected chi connectivity index (χ3v) is 7.19. The van der Waals surface area contributed by atoms with Crippen LogP contribution in [0.15, 0.2) is 66.7 Å². The number of nitrogens with one attached hydrogen (secondary N) is 1. The van der Waals surface area contributed by atoms with E-state index in [1.807, 2.05) is 6.92 Å². The molecule has 0 saturated carbocycles. The summed E-state index contributed by atoms with van der Waals surface area (Å²) >= 11 is 0. The smallest absolute Gasteiger partial charge is 0.258 e. The molecule has 1 aliphatic heterocycles. The van der Waals surface area contributed by atoms with E-state index in [4.69, 9.17) is 9.47 Å². The first-order valence-electron chi connectivity index (χ1n) is 13.3.